The lowest BCUT2D eigenvalue weighted by atomic mass is 9.78. The first-order chi connectivity index (χ1) is 17.2. The van der Waals surface area contributed by atoms with Crippen molar-refractivity contribution in [2.75, 3.05) is 44.7 Å². The summed E-state index contributed by atoms with van der Waals surface area (Å²) in [5, 5.41) is 1.30. The van der Waals surface area contributed by atoms with Crippen molar-refractivity contribution in [1.29, 1.82) is 0 Å². The van der Waals surface area contributed by atoms with E-state index in [1.54, 1.807) is 18.6 Å². The number of carbonyl (C=O) groups is 1. The minimum atomic E-state index is 0.368. The normalized spacial score (nSPS) is 21.3. The number of anilines is 1. The number of benzene rings is 2. The van der Waals surface area contributed by atoms with E-state index in [4.69, 9.17) is 9.11 Å². The van der Waals surface area contributed by atoms with Gasteiger partial charge in [-0.1, -0.05) is 37.1 Å². The minimum Gasteiger partial charge on any atom is -0.497 e. The van der Waals surface area contributed by atoms with Gasteiger partial charge in [0, 0.05) is 44.4 Å². The Hall–Kier alpha value is -2.44. The van der Waals surface area contributed by atoms with Gasteiger partial charge in [-0.2, -0.15) is 4.37 Å². The molecule has 0 atom stereocenters. The van der Waals surface area contributed by atoms with Crippen molar-refractivity contribution in [1.82, 2.24) is 9.27 Å². The predicted molar refractivity (Wildman–Crippen MR) is 145 cm³/mol. The lowest BCUT2D eigenvalue weighted by Crippen LogP contribution is -2.47. The summed E-state index contributed by atoms with van der Waals surface area (Å²) >= 11 is 1.61. The quantitative estimate of drug-likeness (QED) is 0.377. The zero-order valence-electron chi connectivity index (χ0n) is 20.8. The fourth-order valence-electron chi connectivity index (χ4n) is 5.78. The summed E-state index contributed by atoms with van der Waals surface area (Å²) in [5.74, 6) is 3.76. The van der Waals surface area contributed by atoms with Crippen LogP contribution in [0.25, 0.3) is 10.1 Å². The van der Waals surface area contributed by atoms with Gasteiger partial charge < -0.3 is 9.64 Å². The molecular weight excluding hydrogens is 454 g/mol. The monoisotopic (exact) mass is 491 g/mol. The first kappa shape index (κ1) is 24.3. The molecule has 5 nitrogen and oxygen atoms in total. The number of piperazine rings is 1. The summed E-state index contributed by atoms with van der Waals surface area (Å²) in [7, 11) is 1.67. The highest BCUT2D eigenvalue weighted by Gasteiger charge is 2.25. The van der Waals surface area contributed by atoms with Crippen LogP contribution in [0.2, 0.25) is 0 Å². The van der Waals surface area contributed by atoms with Gasteiger partial charge in [-0.05, 0) is 79.0 Å². The Bertz CT molecular complexity index is 1110. The molecule has 0 amide bonds. The smallest absolute Gasteiger partial charge is 0.150 e. The molecule has 5 rings (SSSR count). The maximum absolute atomic E-state index is 12.6. The molecule has 1 saturated carbocycles. The van der Waals surface area contributed by atoms with Gasteiger partial charge in [0.15, 0.2) is 0 Å². The number of hydrogen-bond acceptors (Lipinski definition) is 6. The molecule has 0 spiro atoms. The second kappa shape index (κ2) is 11.5. The Balaban J connectivity index is 1.00. The lowest BCUT2D eigenvalue weighted by molar-refractivity contribution is -0.119. The number of fused-ring (bicyclic) bond motifs is 1. The Morgan fingerprint density at radius 3 is 2.57 bits per heavy atom. The van der Waals surface area contributed by atoms with Crippen LogP contribution >= 0.6 is 11.5 Å². The summed E-state index contributed by atoms with van der Waals surface area (Å²) < 4.78 is 11.3. The third kappa shape index (κ3) is 6.22. The Morgan fingerprint density at radius 1 is 1.00 bits per heavy atom. The number of nitrogens with zero attached hydrogens (tertiary/aromatic N) is 3. The summed E-state index contributed by atoms with van der Waals surface area (Å²) in [6.07, 6.45) is 7.53. The third-order valence-corrected chi connectivity index (χ3v) is 8.72. The number of aromatic nitrogens is 1. The lowest BCUT2D eigenvalue weighted by Gasteiger charge is -2.36. The zero-order valence-corrected chi connectivity index (χ0v) is 21.6. The standard InChI is InChI=1S/C29H37N3O2S/c1-34-26-6-4-5-24(21-26)20-25(33)19-23-11-9-22(10-12-23)13-14-31-15-17-32(18-16-31)29-27-7-2-3-8-28(27)35-30-29/h2-8,21-23H,9-20H2,1H3. The van der Waals surface area contributed by atoms with Gasteiger partial charge in [0.05, 0.1) is 11.8 Å². The van der Waals surface area contributed by atoms with Crippen LogP contribution in [0.4, 0.5) is 5.82 Å². The van der Waals surface area contributed by atoms with Crippen molar-refractivity contribution in [2.24, 2.45) is 11.8 Å². The number of hydrogen-bond donors (Lipinski definition) is 0. The van der Waals surface area contributed by atoms with Crippen LogP contribution in [0, 0.1) is 11.8 Å². The zero-order chi connectivity index (χ0) is 24.0. The molecule has 1 aromatic heterocycles. The maximum atomic E-state index is 12.6. The van der Waals surface area contributed by atoms with Crippen molar-refractivity contribution < 1.29 is 9.53 Å². The third-order valence-electron chi connectivity index (χ3n) is 7.90. The largest absolute Gasteiger partial charge is 0.497 e. The minimum absolute atomic E-state index is 0.368. The Labute approximate surface area is 213 Å². The average molecular weight is 492 g/mol. The van der Waals surface area contributed by atoms with Crippen LogP contribution in [0.15, 0.2) is 48.5 Å². The molecule has 1 saturated heterocycles. The molecule has 1 aliphatic carbocycles. The van der Waals surface area contributed by atoms with E-state index in [2.05, 4.69) is 34.1 Å². The maximum Gasteiger partial charge on any atom is 0.150 e. The highest BCUT2D eigenvalue weighted by atomic mass is 32.1. The molecule has 0 N–H and O–H groups in total. The average Bonchev–Trinajstić information content (AvgIpc) is 3.33. The van der Waals surface area contributed by atoms with Crippen LogP contribution in [0.1, 0.15) is 44.1 Å². The van der Waals surface area contributed by atoms with E-state index >= 15 is 0 Å². The van der Waals surface area contributed by atoms with Gasteiger partial charge in [0.1, 0.15) is 17.4 Å². The molecule has 186 valence electrons. The van der Waals surface area contributed by atoms with Gasteiger partial charge in [0.25, 0.3) is 0 Å². The van der Waals surface area contributed by atoms with Crippen LogP contribution in [-0.2, 0) is 11.2 Å². The molecular formula is C29H37N3O2S. The predicted octanol–water partition coefficient (Wildman–Crippen LogP) is 5.83. The summed E-state index contributed by atoms with van der Waals surface area (Å²) in [4.78, 5) is 17.7. The van der Waals surface area contributed by atoms with Crippen molar-refractivity contribution in [3.05, 3.63) is 54.1 Å². The number of Topliss-reactive ketones (excluding diaryl/α,β-unsaturated/α-hetero) is 1. The first-order valence-electron chi connectivity index (χ1n) is 13.1. The summed E-state index contributed by atoms with van der Waals surface area (Å²) in [6.45, 7) is 5.58. The van der Waals surface area contributed by atoms with E-state index in [9.17, 15) is 4.79 Å². The Kier molecular flexibility index (Phi) is 7.99. The van der Waals surface area contributed by atoms with Crippen molar-refractivity contribution in [3.8, 4) is 5.75 Å². The topological polar surface area (TPSA) is 45.7 Å². The molecule has 2 heterocycles. The second-order valence-electron chi connectivity index (χ2n) is 10.3. The summed E-state index contributed by atoms with van der Waals surface area (Å²) in [6, 6.07) is 16.5. The molecule has 0 radical (unpaired) electrons. The number of rotatable bonds is 9. The van der Waals surface area contributed by atoms with E-state index in [-0.39, 0.29) is 0 Å². The van der Waals surface area contributed by atoms with Gasteiger partial charge >= 0.3 is 0 Å². The number of ketones is 1. The van der Waals surface area contributed by atoms with E-state index < -0.39 is 0 Å². The second-order valence-corrected chi connectivity index (χ2v) is 11.1. The van der Waals surface area contributed by atoms with Crippen LogP contribution < -0.4 is 9.64 Å². The van der Waals surface area contributed by atoms with Crippen molar-refractivity contribution in [3.63, 3.8) is 0 Å². The number of methoxy groups -OCH3 is 1. The summed E-state index contributed by atoms with van der Waals surface area (Å²) in [5.41, 5.74) is 1.06. The fourth-order valence-corrected chi connectivity index (χ4v) is 6.57. The van der Waals surface area contributed by atoms with Gasteiger partial charge in [-0.25, -0.2) is 0 Å². The first-order valence-corrected chi connectivity index (χ1v) is 13.9. The van der Waals surface area contributed by atoms with Gasteiger partial charge in [0.2, 0.25) is 0 Å². The molecule has 6 heteroatoms. The fraction of sp³-hybridized carbons (Fsp3) is 0.517. The van der Waals surface area contributed by atoms with Gasteiger partial charge in [-0.3, -0.25) is 9.69 Å². The van der Waals surface area contributed by atoms with E-state index in [0.717, 1.165) is 49.8 Å². The van der Waals surface area contributed by atoms with E-state index in [1.807, 2.05) is 24.3 Å². The van der Waals surface area contributed by atoms with E-state index in [0.29, 0.717) is 18.1 Å². The van der Waals surface area contributed by atoms with Crippen molar-refractivity contribution in [2.45, 2.75) is 44.9 Å². The molecule has 2 aliphatic rings. The molecule has 2 aromatic carbocycles. The molecule has 2 fully saturated rings. The molecule has 3 aromatic rings. The molecule has 1 aliphatic heterocycles. The number of ether oxygens (including phenoxy) is 1. The van der Waals surface area contributed by atoms with Crippen LogP contribution in [0.3, 0.4) is 0 Å². The van der Waals surface area contributed by atoms with E-state index in [1.165, 1.54) is 54.6 Å². The van der Waals surface area contributed by atoms with Crippen molar-refractivity contribution >= 4 is 33.2 Å². The molecule has 0 bridgehead atoms. The highest BCUT2D eigenvalue weighted by molar-refractivity contribution is 7.13. The van der Waals surface area contributed by atoms with Crippen LogP contribution in [-0.4, -0.2) is 54.9 Å². The SMILES string of the molecule is COc1cccc(CC(=O)CC2CCC(CCN3CCN(c4nsc5ccccc45)CC3)CC2)c1. The Morgan fingerprint density at radius 2 is 1.77 bits per heavy atom. The number of carbonyl (C=O) groups excluding carboxylic acids is 1. The molecule has 0 unspecified atom stereocenters. The highest BCUT2D eigenvalue weighted by Crippen LogP contribution is 2.34. The molecule has 35 heavy (non-hydrogen) atoms. The van der Waals surface area contributed by atoms with Gasteiger partial charge in [-0.15, -0.1) is 0 Å². The van der Waals surface area contributed by atoms with Crippen LogP contribution in [0.5, 0.6) is 5.75 Å².